The van der Waals surface area contributed by atoms with Gasteiger partial charge in [-0.25, -0.2) is 13.1 Å². The number of fused-ring (bicyclic) bond motifs is 1. The van der Waals surface area contributed by atoms with E-state index in [1.54, 1.807) is 0 Å². The van der Waals surface area contributed by atoms with Gasteiger partial charge in [-0.2, -0.15) is 26.3 Å². The van der Waals surface area contributed by atoms with Crippen LogP contribution in [0.5, 0.6) is 0 Å². The zero-order valence-corrected chi connectivity index (χ0v) is 16.8. The van der Waals surface area contributed by atoms with Crippen LogP contribution in [0, 0.1) is 5.92 Å². The van der Waals surface area contributed by atoms with Crippen molar-refractivity contribution in [2.24, 2.45) is 5.92 Å². The second kappa shape index (κ2) is 7.79. The van der Waals surface area contributed by atoms with Crippen LogP contribution in [0.4, 0.5) is 26.3 Å². The van der Waals surface area contributed by atoms with E-state index in [-0.39, 0.29) is 5.82 Å². The quantitative estimate of drug-likeness (QED) is 0.564. The highest BCUT2D eigenvalue weighted by Crippen LogP contribution is 2.36. The van der Waals surface area contributed by atoms with Crippen molar-refractivity contribution in [2.75, 3.05) is 0 Å². The minimum atomic E-state index is -4.93. The van der Waals surface area contributed by atoms with Crippen LogP contribution < -0.4 is 4.72 Å². The molecule has 3 aromatic rings. The molecule has 1 N–H and O–H groups in total. The number of nitrogens with one attached hydrogen (secondary N) is 1. The highest BCUT2D eigenvalue weighted by atomic mass is 32.2. The first-order valence-electron chi connectivity index (χ1n) is 8.83. The Morgan fingerprint density at radius 3 is 2.06 bits per heavy atom. The van der Waals surface area contributed by atoms with Crippen LogP contribution >= 0.6 is 0 Å². The zero-order valence-electron chi connectivity index (χ0n) is 16.0. The van der Waals surface area contributed by atoms with Crippen LogP contribution in [0.25, 0.3) is 5.65 Å². The Hall–Kier alpha value is -2.67. The highest BCUT2D eigenvalue weighted by molar-refractivity contribution is 7.89. The summed E-state index contributed by atoms with van der Waals surface area (Å²) in [6, 6.07) is 4.23. The smallest absolute Gasteiger partial charge is 0.285 e. The molecular weight excluding hydrogens is 450 g/mol. The summed E-state index contributed by atoms with van der Waals surface area (Å²) in [6.07, 6.45) is -8.44. The summed E-state index contributed by atoms with van der Waals surface area (Å²) in [5.41, 5.74) is -3.00. The molecule has 0 aliphatic carbocycles. The van der Waals surface area contributed by atoms with Crippen molar-refractivity contribution < 1.29 is 34.8 Å². The number of halogens is 6. The highest BCUT2D eigenvalue weighted by Gasteiger charge is 2.39. The van der Waals surface area contributed by atoms with Gasteiger partial charge in [0.1, 0.15) is 5.56 Å². The number of hydrogen-bond donors (Lipinski definition) is 1. The van der Waals surface area contributed by atoms with Gasteiger partial charge in [0.05, 0.1) is 16.5 Å². The van der Waals surface area contributed by atoms with Gasteiger partial charge in [0.25, 0.3) is 0 Å². The van der Waals surface area contributed by atoms with Crippen molar-refractivity contribution in [1.29, 1.82) is 0 Å². The number of alkyl halides is 6. The van der Waals surface area contributed by atoms with E-state index in [1.165, 1.54) is 20.0 Å². The minimum Gasteiger partial charge on any atom is -0.285 e. The number of benzene rings is 1. The maximum Gasteiger partial charge on any atom is 0.420 e. The number of rotatable bonds is 5. The van der Waals surface area contributed by atoms with Crippen molar-refractivity contribution in [1.82, 2.24) is 19.3 Å². The Labute approximate surface area is 173 Å². The summed E-state index contributed by atoms with van der Waals surface area (Å²) in [5.74, 6) is -0.779. The first kappa shape index (κ1) is 23.0. The normalized spacial score (nSPS) is 14.4. The van der Waals surface area contributed by atoms with Gasteiger partial charge in [-0.1, -0.05) is 26.0 Å². The molecule has 3 rings (SSSR count). The van der Waals surface area contributed by atoms with E-state index < -0.39 is 56.0 Å². The number of pyridine rings is 1. The number of aromatic nitrogens is 3. The number of sulfonamides is 1. The molecule has 1 aromatic carbocycles. The summed E-state index contributed by atoms with van der Waals surface area (Å²) < 4.78 is 108. The maximum atomic E-state index is 13.3. The molecule has 0 saturated carbocycles. The van der Waals surface area contributed by atoms with E-state index >= 15 is 0 Å². The fraction of sp³-hybridized carbons (Fsp3) is 0.333. The minimum absolute atomic E-state index is 0.191. The molecule has 0 fully saturated rings. The summed E-state index contributed by atoms with van der Waals surface area (Å²) >= 11 is 0. The van der Waals surface area contributed by atoms with Gasteiger partial charge in [0.15, 0.2) is 11.5 Å². The summed E-state index contributed by atoms with van der Waals surface area (Å²) in [5, 5.41) is 7.23. The second-order valence-electron chi connectivity index (χ2n) is 7.01. The Balaban J connectivity index is 2.10. The largest absolute Gasteiger partial charge is 0.420 e. The molecule has 31 heavy (non-hydrogen) atoms. The van der Waals surface area contributed by atoms with Crippen LogP contribution in [0.2, 0.25) is 0 Å². The SMILES string of the molecule is CC(C)[C@H](NS(=O)(=O)c1ccccc1C(F)(F)F)c1nnc2c(C(F)(F)F)cccn12. The molecule has 0 spiro atoms. The van der Waals surface area contributed by atoms with E-state index in [9.17, 15) is 34.8 Å². The average molecular weight is 466 g/mol. The van der Waals surface area contributed by atoms with E-state index in [2.05, 4.69) is 14.9 Å². The topological polar surface area (TPSA) is 76.4 Å². The molecule has 6 nitrogen and oxygen atoms in total. The van der Waals surface area contributed by atoms with E-state index in [0.29, 0.717) is 6.07 Å². The summed E-state index contributed by atoms with van der Waals surface area (Å²) in [4.78, 5) is -1.00. The van der Waals surface area contributed by atoms with Gasteiger partial charge >= 0.3 is 12.4 Å². The summed E-state index contributed by atoms with van der Waals surface area (Å²) in [7, 11) is -4.72. The van der Waals surface area contributed by atoms with Crippen molar-refractivity contribution in [2.45, 2.75) is 37.1 Å². The third kappa shape index (κ3) is 4.51. The lowest BCUT2D eigenvalue weighted by atomic mass is 10.1. The third-order valence-electron chi connectivity index (χ3n) is 4.48. The predicted molar refractivity (Wildman–Crippen MR) is 97.3 cm³/mol. The molecule has 2 heterocycles. The van der Waals surface area contributed by atoms with Crippen LogP contribution in [-0.2, 0) is 22.4 Å². The monoisotopic (exact) mass is 466 g/mol. The fourth-order valence-electron chi connectivity index (χ4n) is 3.02. The fourth-order valence-corrected chi connectivity index (χ4v) is 4.59. The van der Waals surface area contributed by atoms with E-state index in [1.807, 2.05) is 0 Å². The Morgan fingerprint density at radius 2 is 1.48 bits per heavy atom. The lowest BCUT2D eigenvalue weighted by molar-refractivity contribution is -0.140. The molecule has 168 valence electrons. The van der Waals surface area contributed by atoms with Crippen molar-refractivity contribution >= 4 is 15.7 Å². The van der Waals surface area contributed by atoms with E-state index in [0.717, 1.165) is 34.7 Å². The zero-order chi connectivity index (χ0) is 23.2. The number of hydrogen-bond acceptors (Lipinski definition) is 4. The first-order chi connectivity index (χ1) is 14.2. The molecule has 0 saturated heterocycles. The van der Waals surface area contributed by atoms with Crippen LogP contribution in [-0.4, -0.2) is 23.0 Å². The molecule has 1 atom stereocenters. The molecule has 13 heteroatoms. The first-order valence-corrected chi connectivity index (χ1v) is 10.3. The van der Waals surface area contributed by atoms with Gasteiger partial charge in [0.2, 0.25) is 10.0 Å². The molecule has 0 unspecified atom stereocenters. The molecule has 0 bridgehead atoms. The average Bonchev–Trinajstić information content (AvgIpc) is 3.08. The standard InChI is InChI=1S/C18H16F6N4O2S/c1-10(2)14(16-26-25-15-12(18(22,23)24)7-5-9-28(15)16)27-31(29,30)13-8-4-3-6-11(13)17(19,20)21/h3-10,14,27H,1-2H3/t14-/m0/s1. The van der Waals surface area contributed by atoms with Gasteiger partial charge in [-0.15, -0.1) is 10.2 Å². The van der Waals surface area contributed by atoms with Crippen LogP contribution in [0.15, 0.2) is 47.5 Å². The predicted octanol–water partition coefficient (Wildman–Crippen LogP) is 4.44. The lowest BCUT2D eigenvalue weighted by Crippen LogP contribution is -2.34. The van der Waals surface area contributed by atoms with Crippen molar-refractivity contribution in [3.63, 3.8) is 0 Å². The Kier molecular flexibility index (Phi) is 5.78. The molecule has 2 aromatic heterocycles. The molecule has 0 radical (unpaired) electrons. The molecule has 0 aliphatic heterocycles. The number of nitrogens with zero attached hydrogens (tertiary/aromatic N) is 3. The van der Waals surface area contributed by atoms with Crippen molar-refractivity contribution in [3.05, 3.63) is 59.5 Å². The van der Waals surface area contributed by atoms with Crippen molar-refractivity contribution in [3.8, 4) is 0 Å². The van der Waals surface area contributed by atoms with Crippen LogP contribution in [0.3, 0.4) is 0 Å². The van der Waals surface area contributed by atoms with Gasteiger partial charge in [-0.3, -0.25) is 4.40 Å². The van der Waals surface area contributed by atoms with Gasteiger partial charge in [0, 0.05) is 6.20 Å². The van der Waals surface area contributed by atoms with Crippen LogP contribution in [0.1, 0.15) is 36.8 Å². The molecule has 0 amide bonds. The van der Waals surface area contributed by atoms with Gasteiger partial charge < -0.3 is 0 Å². The molecular formula is C18H16F6N4O2S. The molecule has 0 aliphatic rings. The Morgan fingerprint density at radius 1 is 0.903 bits per heavy atom. The van der Waals surface area contributed by atoms with E-state index in [4.69, 9.17) is 0 Å². The van der Waals surface area contributed by atoms with Gasteiger partial charge in [-0.05, 0) is 30.2 Å². The second-order valence-corrected chi connectivity index (χ2v) is 8.69. The Bertz CT molecular complexity index is 1200. The third-order valence-corrected chi connectivity index (χ3v) is 5.97. The lowest BCUT2D eigenvalue weighted by Gasteiger charge is -2.22. The summed E-state index contributed by atoms with van der Waals surface area (Å²) in [6.45, 7) is 3.08. The maximum absolute atomic E-state index is 13.3.